The zero-order chi connectivity index (χ0) is 17.6. The van der Waals surface area contributed by atoms with E-state index in [1.54, 1.807) is 31.2 Å². The van der Waals surface area contributed by atoms with Crippen LogP contribution in [0.2, 0.25) is 0 Å². The molecule has 0 aliphatic carbocycles. The summed E-state index contributed by atoms with van der Waals surface area (Å²) in [7, 11) is -3.51. The first-order valence-electron chi connectivity index (χ1n) is 7.89. The van der Waals surface area contributed by atoms with Crippen molar-refractivity contribution in [3.05, 3.63) is 24.3 Å². The lowest BCUT2D eigenvalue weighted by molar-refractivity contribution is -0.122. The first kappa shape index (κ1) is 19.4. The number of hydrogen-bond donors (Lipinski definition) is 2. The third-order valence-corrected chi connectivity index (χ3v) is 5.43. The Hall–Kier alpha value is -1.60. The summed E-state index contributed by atoms with van der Waals surface area (Å²) in [5.74, 6) is -0.128. The van der Waals surface area contributed by atoms with Crippen molar-refractivity contribution in [2.24, 2.45) is 0 Å². The molecule has 0 saturated carbocycles. The van der Waals surface area contributed by atoms with Crippen molar-refractivity contribution in [1.29, 1.82) is 0 Å². The Bertz CT molecular complexity index is 625. The molecule has 1 atom stereocenters. The zero-order valence-corrected chi connectivity index (χ0v) is 15.3. The number of amides is 1. The van der Waals surface area contributed by atoms with E-state index in [0.717, 1.165) is 0 Å². The van der Waals surface area contributed by atoms with Gasteiger partial charge in [-0.25, -0.2) is 8.42 Å². The van der Waals surface area contributed by atoms with Crippen LogP contribution in [0.4, 0.5) is 5.69 Å². The fraction of sp³-hybridized carbons (Fsp3) is 0.562. The molecular formula is C16H27N3O3S. The standard InChI is InChI=1S/C16H27N3O3S/c1-6-19(7-2)23(21,22)15-10-8-9-14(11-15)18-13(5)16(20)17-12(3)4/h8-13,18H,6-7H2,1-5H3,(H,17,20). The SMILES string of the molecule is CCN(CC)S(=O)(=O)c1cccc(NC(C)C(=O)NC(C)C)c1. The minimum atomic E-state index is -3.51. The molecule has 0 fully saturated rings. The van der Waals surface area contributed by atoms with Crippen LogP contribution in [-0.2, 0) is 14.8 Å². The van der Waals surface area contributed by atoms with Crippen molar-refractivity contribution < 1.29 is 13.2 Å². The van der Waals surface area contributed by atoms with Gasteiger partial charge in [0.1, 0.15) is 6.04 Å². The molecular weight excluding hydrogens is 314 g/mol. The molecule has 0 aliphatic heterocycles. The Kier molecular flexibility index (Phi) is 7.02. The molecule has 0 radical (unpaired) electrons. The maximum Gasteiger partial charge on any atom is 0.243 e. The minimum Gasteiger partial charge on any atom is -0.374 e. The van der Waals surface area contributed by atoms with E-state index in [1.807, 2.05) is 27.7 Å². The molecule has 1 rings (SSSR count). The number of carbonyl (C=O) groups excluding carboxylic acids is 1. The molecule has 130 valence electrons. The average Bonchev–Trinajstić information content (AvgIpc) is 2.47. The zero-order valence-electron chi connectivity index (χ0n) is 14.5. The summed E-state index contributed by atoms with van der Waals surface area (Å²) in [5, 5.41) is 5.86. The van der Waals surface area contributed by atoms with Gasteiger partial charge in [-0.05, 0) is 39.0 Å². The molecule has 1 amide bonds. The predicted octanol–water partition coefficient (Wildman–Crippen LogP) is 2.04. The number of rotatable bonds is 8. The van der Waals surface area contributed by atoms with E-state index in [9.17, 15) is 13.2 Å². The smallest absolute Gasteiger partial charge is 0.243 e. The number of benzene rings is 1. The van der Waals surface area contributed by atoms with E-state index < -0.39 is 16.1 Å². The molecule has 0 bridgehead atoms. The van der Waals surface area contributed by atoms with Gasteiger partial charge in [0, 0.05) is 24.8 Å². The molecule has 0 aromatic heterocycles. The Morgan fingerprint density at radius 3 is 2.30 bits per heavy atom. The van der Waals surface area contributed by atoms with Crippen LogP contribution >= 0.6 is 0 Å². The Balaban J connectivity index is 2.95. The van der Waals surface area contributed by atoms with Gasteiger partial charge < -0.3 is 10.6 Å². The second-order valence-corrected chi connectivity index (χ2v) is 7.58. The quantitative estimate of drug-likeness (QED) is 0.758. The summed E-state index contributed by atoms with van der Waals surface area (Å²) in [6, 6.07) is 6.15. The van der Waals surface area contributed by atoms with E-state index >= 15 is 0 Å². The van der Waals surface area contributed by atoms with Crippen molar-refractivity contribution in [1.82, 2.24) is 9.62 Å². The monoisotopic (exact) mass is 341 g/mol. The van der Waals surface area contributed by atoms with E-state index in [0.29, 0.717) is 18.8 Å². The number of sulfonamides is 1. The second kappa shape index (κ2) is 8.31. The van der Waals surface area contributed by atoms with E-state index in [2.05, 4.69) is 10.6 Å². The molecule has 0 spiro atoms. The summed E-state index contributed by atoms with van der Waals surface area (Å²) in [5.41, 5.74) is 0.602. The van der Waals surface area contributed by atoms with Crippen molar-refractivity contribution in [3.63, 3.8) is 0 Å². The topological polar surface area (TPSA) is 78.5 Å². The van der Waals surface area contributed by atoms with Crippen molar-refractivity contribution in [2.75, 3.05) is 18.4 Å². The van der Waals surface area contributed by atoms with Crippen LogP contribution in [0.15, 0.2) is 29.2 Å². The normalized spacial score (nSPS) is 13.2. The van der Waals surface area contributed by atoms with Crippen molar-refractivity contribution in [3.8, 4) is 0 Å². The molecule has 23 heavy (non-hydrogen) atoms. The maximum absolute atomic E-state index is 12.5. The molecule has 1 aromatic carbocycles. The third-order valence-electron chi connectivity index (χ3n) is 3.38. The number of hydrogen-bond acceptors (Lipinski definition) is 4. The van der Waals surface area contributed by atoms with Gasteiger partial charge in [-0.3, -0.25) is 4.79 Å². The number of carbonyl (C=O) groups is 1. The van der Waals surface area contributed by atoms with Gasteiger partial charge in [0.15, 0.2) is 0 Å². The molecule has 6 nitrogen and oxygen atoms in total. The van der Waals surface area contributed by atoms with Crippen molar-refractivity contribution >= 4 is 21.6 Å². The Labute approximate surface area is 139 Å². The van der Waals surface area contributed by atoms with Crippen LogP contribution in [-0.4, -0.2) is 43.8 Å². The summed E-state index contributed by atoms with van der Waals surface area (Å²) in [6.07, 6.45) is 0. The third kappa shape index (κ3) is 5.21. The highest BCUT2D eigenvalue weighted by molar-refractivity contribution is 7.89. The predicted molar refractivity (Wildman–Crippen MR) is 92.9 cm³/mol. The van der Waals surface area contributed by atoms with Gasteiger partial charge in [-0.15, -0.1) is 0 Å². The molecule has 0 heterocycles. The largest absolute Gasteiger partial charge is 0.374 e. The lowest BCUT2D eigenvalue weighted by Gasteiger charge is -2.20. The van der Waals surface area contributed by atoms with Gasteiger partial charge in [0.2, 0.25) is 15.9 Å². The van der Waals surface area contributed by atoms with Crippen LogP contribution in [0.3, 0.4) is 0 Å². The molecule has 1 unspecified atom stereocenters. The van der Waals surface area contributed by atoms with Crippen LogP contribution < -0.4 is 10.6 Å². The van der Waals surface area contributed by atoms with E-state index in [4.69, 9.17) is 0 Å². The van der Waals surface area contributed by atoms with Crippen LogP contribution in [0, 0.1) is 0 Å². The van der Waals surface area contributed by atoms with Crippen molar-refractivity contribution in [2.45, 2.75) is 51.6 Å². The summed E-state index contributed by atoms with van der Waals surface area (Å²) in [6.45, 7) is 9.98. The van der Waals surface area contributed by atoms with Crippen LogP contribution in [0.25, 0.3) is 0 Å². The average molecular weight is 341 g/mol. The first-order valence-corrected chi connectivity index (χ1v) is 9.33. The lowest BCUT2D eigenvalue weighted by atomic mass is 10.2. The second-order valence-electron chi connectivity index (χ2n) is 5.65. The first-order chi connectivity index (χ1) is 10.7. The van der Waals surface area contributed by atoms with Crippen LogP contribution in [0.5, 0.6) is 0 Å². The summed E-state index contributed by atoms with van der Waals surface area (Å²) >= 11 is 0. The van der Waals surface area contributed by atoms with Gasteiger partial charge in [-0.1, -0.05) is 19.9 Å². The minimum absolute atomic E-state index is 0.0566. The Morgan fingerprint density at radius 2 is 1.78 bits per heavy atom. The molecule has 1 aromatic rings. The maximum atomic E-state index is 12.5. The number of anilines is 1. The fourth-order valence-electron chi connectivity index (χ4n) is 2.18. The molecule has 2 N–H and O–H groups in total. The molecule has 0 saturated heterocycles. The molecule has 7 heteroatoms. The summed E-state index contributed by atoms with van der Waals surface area (Å²) in [4.78, 5) is 12.2. The lowest BCUT2D eigenvalue weighted by Crippen LogP contribution is -2.41. The highest BCUT2D eigenvalue weighted by atomic mass is 32.2. The van der Waals surface area contributed by atoms with E-state index in [1.165, 1.54) is 4.31 Å². The number of nitrogens with zero attached hydrogens (tertiary/aromatic N) is 1. The van der Waals surface area contributed by atoms with Crippen LogP contribution in [0.1, 0.15) is 34.6 Å². The fourth-order valence-corrected chi connectivity index (χ4v) is 3.69. The van der Waals surface area contributed by atoms with Gasteiger partial charge in [-0.2, -0.15) is 4.31 Å². The van der Waals surface area contributed by atoms with Gasteiger partial charge in [0.25, 0.3) is 0 Å². The highest BCUT2D eigenvalue weighted by Gasteiger charge is 2.22. The Morgan fingerprint density at radius 1 is 1.17 bits per heavy atom. The van der Waals surface area contributed by atoms with Gasteiger partial charge >= 0.3 is 0 Å². The highest BCUT2D eigenvalue weighted by Crippen LogP contribution is 2.20. The molecule has 0 aliphatic rings. The van der Waals surface area contributed by atoms with E-state index in [-0.39, 0.29) is 16.8 Å². The van der Waals surface area contributed by atoms with Gasteiger partial charge in [0.05, 0.1) is 4.90 Å². The summed E-state index contributed by atoms with van der Waals surface area (Å²) < 4.78 is 26.5. The number of nitrogens with one attached hydrogen (secondary N) is 2.